The summed E-state index contributed by atoms with van der Waals surface area (Å²) in [5.41, 5.74) is 1.07. The summed E-state index contributed by atoms with van der Waals surface area (Å²) in [6, 6.07) is 14.4. The van der Waals surface area contributed by atoms with Crippen LogP contribution in [0.15, 0.2) is 46.9 Å². The maximum atomic E-state index is 13.0. The van der Waals surface area contributed by atoms with Crippen LogP contribution in [0.2, 0.25) is 0 Å². The van der Waals surface area contributed by atoms with Gasteiger partial charge in [0.2, 0.25) is 0 Å². The lowest BCUT2D eigenvalue weighted by molar-refractivity contribution is -0.149. The van der Waals surface area contributed by atoms with Crippen LogP contribution < -0.4 is 0 Å². The number of carbonyl (C=O) groups excluding carboxylic acids is 1. The van der Waals surface area contributed by atoms with Crippen molar-refractivity contribution in [3.8, 4) is 0 Å². The van der Waals surface area contributed by atoms with Gasteiger partial charge < -0.3 is 9.15 Å². The number of hydrogen-bond donors (Lipinski definition) is 0. The quantitative estimate of drug-likeness (QED) is 0.562. The van der Waals surface area contributed by atoms with Gasteiger partial charge in [-0.3, -0.25) is 9.69 Å². The molecule has 3 rings (SSSR count). The van der Waals surface area contributed by atoms with Crippen molar-refractivity contribution >= 4 is 5.97 Å². The van der Waals surface area contributed by atoms with E-state index in [9.17, 15) is 4.79 Å². The van der Waals surface area contributed by atoms with Crippen LogP contribution in [0, 0.1) is 5.92 Å². The summed E-state index contributed by atoms with van der Waals surface area (Å²) in [5, 5.41) is 0. The largest absolute Gasteiger partial charge is 0.461 e. The number of rotatable bonds is 8. The van der Waals surface area contributed by atoms with Crippen molar-refractivity contribution in [2.24, 2.45) is 5.92 Å². The number of furan rings is 1. The zero-order valence-electron chi connectivity index (χ0n) is 17.4. The second-order valence-corrected chi connectivity index (χ2v) is 8.27. The lowest BCUT2D eigenvalue weighted by Gasteiger charge is -2.29. The summed E-state index contributed by atoms with van der Waals surface area (Å²) in [6.45, 7) is 5.25. The van der Waals surface area contributed by atoms with E-state index < -0.39 is 0 Å². The van der Waals surface area contributed by atoms with Crippen molar-refractivity contribution in [1.82, 2.24) is 4.90 Å². The molecule has 1 aromatic heterocycles. The summed E-state index contributed by atoms with van der Waals surface area (Å²) in [4.78, 5) is 15.2. The summed E-state index contributed by atoms with van der Waals surface area (Å²) in [6.07, 6.45) is 5.87. The first-order valence-corrected chi connectivity index (χ1v) is 10.5. The van der Waals surface area contributed by atoms with Gasteiger partial charge in [0.15, 0.2) is 0 Å². The molecule has 1 aromatic carbocycles. The molecule has 0 saturated heterocycles. The van der Waals surface area contributed by atoms with Crippen molar-refractivity contribution in [3.63, 3.8) is 0 Å². The molecule has 1 fully saturated rings. The number of ether oxygens (including phenoxy) is 1. The molecule has 0 amide bonds. The summed E-state index contributed by atoms with van der Waals surface area (Å²) in [7, 11) is 2.07. The molecule has 1 aliphatic carbocycles. The van der Waals surface area contributed by atoms with Gasteiger partial charge in [0.25, 0.3) is 0 Å². The fraction of sp³-hybridized carbons (Fsp3) is 0.542. The van der Waals surface area contributed by atoms with Gasteiger partial charge in [-0.2, -0.15) is 0 Å². The Balaban J connectivity index is 1.63. The van der Waals surface area contributed by atoms with Crippen LogP contribution in [0.1, 0.15) is 69.0 Å². The zero-order chi connectivity index (χ0) is 19.9. The lowest BCUT2D eigenvalue weighted by Crippen LogP contribution is -2.25. The molecular formula is C24H33NO3. The minimum atomic E-state index is -0.178. The van der Waals surface area contributed by atoms with Gasteiger partial charge in [-0.05, 0) is 57.4 Å². The normalized spacial score (nSPS) is 16.5. The van der Waals surface area contributed by atoms with E-state index >= 15 is 0 Å². The van der Waals surface area contributed by atoms with E-state index in [0.29, 0.717) is 17.7 Å². The molecule has 1 saturated carbocycles. The molecule has 0 N–H and O–H groups in total. The topological polar surface area (TPSA) is 42.7 Å². The lowest BCUT2D eigenvalue weighted by atomic mass is 9.77. The summed E-state index contributed by atoms with van der Waals surface area (Å²) in [5.74, 6) is 1.67. The number of benzene rings is 1. The Morgan fingerprint density at radius 2 is 1.75 bits per heavy atom. The third kappa shape index (κ3) is 5.48. The third-order valence-electron chi connectivity index (χ3n) is 5.89. The van der Waals surface area contributed by atoms with Crippen LogP contribution in [0.5, 0.6) is 0 Å². The Morgan fingerprint density at radius 1 is 1.07 bits per heavy atom. The second kappa shape index (κ2) is 9.92. The minimum Gasteiger partial charge on any atom is -0.461 e. The molecule has 2 aromatic rings. The molecular weight excluding hydrogens is 350 g/mol. The number of esters is 1. The Hall–Kier alpha value is -2.07. The standard InChI is InChI=1S/C24H33NO3/c1-18(2)25(3)16-21-14-15-22(28-21)17-27-24(26)23(19-10-6-4-7-11-19)20-12-8-5-9-13-20/h4,6-7,10-11,14-15,18,20,23H,5,8-9,12-13,16-17H2,1-3H3/t23-/m0/s1. The number of nitrogens with zero attached hydrogens (tertiary/aromatic N) is 1. The molecule has 0 aliphatic heterocycles. The molecule has 1 heterocycles. The van der Waals surface area contributed by atoms with Crippen LogP contribution in [-0.4, -0.2) is 24.0 Å². The van der Waals surface area contributed by atoms with Crippen molar-refractivity contribution in [3.05, 3.63) is 59.5 Å². The first kappa shape index (κ1) is 20.7. The van der Waals surface area contributed by atoms with Gasteiger partial charge in [0.1, 0.15) is 18.1 Å². The van der Waals surface area contributed by atoms with Crippen molar-refractivity contribution in [2.75, 3.05) is 7.05 Å². The molecule has 0 spiro atoms. The SMILES string of the molecule is CC(C)N(C)Cc1ccc(COC(=O)[C@@H](c2ccccc2)C2CCCCC2)o1. The second-order valence-electron chi connectivity index (χ2n) is 8.27. The average Bonchev–Trinajstić information content (AvgIpc) is 3.15. The summed E-state index contributed by atoms with van der Waals surface area (Å²) < 4.78 is 11.6. The van der Waals surface area contributed by atoms with Crippen molar-refractivity contribution < 1.29 is 13.9 Å². The van der Waals surface area contributed by atoms with E-state index in [1.165, 1.54) is 19.3 Å². The Morgan fingerprint density at radius 3 is 2.43 bits per heavy atom. The molecule has 0 bridgehead atoms. The molecule has 4 nitrogen and oxygen atoms in total. The Labute approximate surface area is 168 Å². The molecule has 1 aliphatic rings. The van der Waals surface area contributed by atoms with E-state index in [0.717, 1.165) is 30.7 Å². The highest BCUT2D eigenvalue weighted by molar-refractivity contribution is 5.78. The number of carbonyl (C=O) groups is 1. The molecule has 4 heteroatoms. The Kier molecular flexibility index (Phi) is 7.32. The van der Waals surface area contributed by atoms with Crippen LogP contribution in [0.4, 0.5) is 0 Å². The summed E-state index contributed by atoms with van der Waals surface area (Å²) >= 11 is 0. The van der Waals surface area contributed by atoms with Gasteiger partial charge in [0, 0.05) is 6.04 Å². The van der Waals surface area contributed by atoms with Crippen LogP contribution in [-0.2, 0) is 22.7 Å². The van der Waals surface area contributed by atoms with E-state index in [4.69, 9.17) is 9.15 Å². The Bertz CT molecular complexity index is 731. The molecule has 0 unspecified atom stereocenters. The van der Waals surface area contributed by atoms with Gasteiger partial charge in [0.05, 0.1) is 12.5 Å². The van der Waals surface area contributed by atoms with E-state index in [-0.39, 0.29) is 18.5 Å². The highest BCUT2D eigenvalue weighted by Crippen LogP contribution is 2.37. The predicted octanol–water partition coefficient (Wildman–Crippen LogP) is 5.53. The fourth-order valence-electron chi connectivity index (χ4n) is 3.97. The van der Waals surface area contributed by atoms with Crippen LogP contribution in [0.25, 0.3) is 0 Å². The number of hydrogen-bond acceptors (Lipinski definition) is 4. The maximum Gasteiger partial charge on any atom is 0.314 e. The maximum absolute atomic E-state index is 13.0. The molecule has 0 radical (unpaired) electrons. The van der Waals surface area contributed by atoms with Crippen LogP contribution in [0.3, 0.4) is 0 Å². The smallest absolute Gasteiger partial charge is 0.314 e. The van der Waals surface area contributed by atoms with Crippen molar-refractivity contribution in [1.29, 1.82) is 0 Å². The van der Waals surface area contributed by atoms with E-state index in [2.05, 4.69) is 25.8 Å². The highest BCUT2D eigenvalue weighted by atomic mass is 16.5. The third-order valence-corrected chi connectivity index (χ3v) is 5.89. The van der Waals surface area contributed by atoms with Crippen LogP contribution >= 0.6 is 0 Å². The highest BCUT2D eigenvalue weighted by Gasteiger charge is 2.32. The van der Waals surface area contributed by atoms with E-state index in [1.54, 1.807) is 0 Å². The molecule has 1 atom stereocenters. The molecule has 152 valence electrons. The predicted molar refractivity (Wildman–Crippen MR) is 111 cm³/mol. The molecule has 28 heavy (non-hydrogen) atoms. The average molecular weight is 384 g/mol. The van der Waals surface area contributed by atoms with Crippen molar-refractivity contribution in [2.45, 2.75) is 71.1 Å². The first-order valence-electron chi connectivity index (χ1n) is 10.5. The zero-order valence-corrected chi connectivity index (χ0v) is 17.4. The van der Waals surface area contributed by atoms with E-state index in [1.807, 2.05) is 42.5 Å². The fourth-order valence-corrected chi connectivity index (χ4v) is 3.97. The van der Waals surface area contributed by atoms with Gasteiger partial charge in [-0.1, -0.05) is 49.6 Å². The minimum absolute atomic E-state index is 0.129. The van der Waals surface area contributed by atoms with Gasteiger partial charge in [-0.15, -0.1) is 0 Å². The van der Waals surface area contributed by atoms with Gasteiger partial charge in [-0.25, -0.2) is 0 Å². The first-order chi connectivity index (χ1) is 13.5. The monoisotopic (exact) mass is 383 g/mol. The van der Waals surface area contributed by atoms with Gasteiger partial charge >= 0.3 is 5.97 Å².